The number of carbonyl (C=O) groups is 1. The number of aromatic nitrogens is 1. The van der Waals surface area contributed by atoms with Gasteiger partial charge in [-0.05, 0) is 30.9 Å². The van der Waals surface area contributed by atoms with Crippen molar-refractivity contribution in [1.29, 1.82) is 0 Å². The second-order valence-electron chi connectivity index (χ2n) is 5.70. The standard InChI is InChI=1S/C18H26N3O/c1-2-3-4-7-12-21(18(19)22)13-8-9-15-14-20-17-11-6-5-10-16(15)17/h5-6,8,10-11,14,20H,2-4,7,9,12-13H2,1H3,(H2,19,22). The number of aromatic amines is 1. The number of H-pyrrole nitrogens is 1. The smallest absolute Gasteiger partial charge is 0.314 e. The first-order valence-corrected chi connectivity index (χ1v) is 8.13. The number of nitrogens with two attached hydrogens (primary N) is 1. The fraction of sp³-hybridized carbons (Fsp3) is 0.444. The van der Waals surface area contributed by atoms with Crippen LogP contribution in [0, 0.1) is 6.42 Å². The Kier molecular flexibility index (Phi) is 6.31. The zero-order valence-electron chi connectivity index (χ0n) is 13.3. The van der Waals surface area contributed by atoms with Gasteiger partial charge in [0.15, 0.2) is 0 Å². The summed E-state index contributed by atoms with van der Waals surface area (Å²) in [5.74, 6) is 0. The molecule has 2 rings (SSSR count). The number of benzene rings is 1. The van der Waals surface area contributed by atoms with Gasteiger partial charge >= 0.3 is 6.03 Å². The average molecular weight is 300 g/mol. The molecule has 4 nitrogen and oxygen atoms in total. The van der Waals surface area contributed by atoms with Crippen LogP contribution in [0.25, 0.3) is 10.9 Å². The summed E-state index contributed by atoms with van der Waals surface area (Å²) in [6.07, 6.45) is 9.59. The summed E-state index contributed by atoms with van der Waals surface area (Å²) >= 11 is 0. The normalized spacial score (nSPS) is 11.0. The van der Waals surface area contributed by atoms with Crippen LogP contribution < -0.4 is 5.73 Å². The van der Waals surface area contributed by atoms with Crippen LogP contribution in [-0.4, -0.2) is 29.0 Å². The van der Waals surface area contributed by atoms with Crippen LogP contribution in [0.4, 0.5) is 4.79 Å². The lowest BCUT2D eigenvalue weighted by atomic mass is 10.1. The van der Waals surface area contributed by atoms with Crippen LogP contribution >= 0.6 is 0 Å². The molecule has 0 aliphatic carbocycles. The number of nitrogens with zero attached hydrogens (tertiary/aromatic N) is 1. The number of unbranched alkanes of at least 4 members (excludes halogenated alkanes) is 3. The number of urea groups is 1. The lowest BCUT2D eigenvalue weighted by Crippen LogP contribution is -2.37. The summed E-state index contributed by atoms with van der Waals surface area (Å²) in [6.45, 7) is 3.54. The van der Waals surface area contributed by atoms with Crippen molar-refractivity contribution >= 4 is 16.9 Å². The van der Waals surface area contributed by atoms with Gasteiger partial charge in [-0.15, -0.1) is 0 Å². The molecule has 0 saturated heterocycles. The first-order valence-electron chi connectivity index (χ1n) is 8.13. The molecule has 0 saturated carbocycles. The fourth-order valence-electron chi connectivity index (χ4n) is 2.70. The maximum absolute atomic E-state index is 11.5. The molecule has 22 heavy (non-hydrogen) atoms. The second-order valence-corrected chi connectivity index (χ2v) is 5.70. The third-order valence-corrected chi connectivity index (χ3v) is 3.98. The molecule has 2 aromatic rings. The van der Waals surface area contributed by atoms with Gasteiger partial charge in [-0.3, -0.25) is 0 Å². The number of carbonyl (C=O) groups excluding carboxylic acids is 1. The Bertz CT molecular complexity index is 591. The summed E-state index contributed by atoms with van der Waals surface area (Å²) in [4.78, 5) is 16.5. The number of rotatable bonds is 9. The summed E-state index contributed by atoms with van der Waals surface area (Å²) in [5, 5.41) is 1.24. The number of amides is 2. The van der Waals surface area contributed by atoms with E-state index >= 15 is 0 Å². The molecule has 0 aliphatic rings. The predicted molar refractivity (Wildman–Crippen MR) is 91.6 cm³/mol. The van der Waals surface area contributed by atoms with E-state index < -0.39 is 0 Å². The molecular weight excluding hydrogens is 274 g/mol. The molecular formula is C18H26N3O. The molecule has 0 unspecified atom stereocenters. The first-order chi connectivity index (χ1) is 10.7. The lowest BCUT2D eigenvalue weighted by molar-refractivity contribution is 0.210. The van der Waals surface area contributed by atoms with Gasteiger partial charge in [-0.25, -0.2) is 4.79 Å². The molecule has 0 atom stereocenters. The Morgan fingerprint density at radius 1 is 1.27 bits per heavy atom. The monoisotopic (exact) mass is 300 g/mol. The largest absolute Gasteiger partial charge is 0.361 e. The molecule has 1 heterocycles. The minimum absolute atomic E-state index is 0.327. The van der Waals surface area contributed by atoms with Crippen LogP contribution in [0.1, 0.15) is 38.2 Å². The van der Waals surface area contributed by atoms with E-state index in [1.165, 1.54) is 23.8 Å². The third-order valence-electron chi connectivity index (χ3n) is 3.98. The highest BCUT2D eigenvalue weighted by Crippen LogP contribution is 2.18. The van der Waals surface area contributed by atoms with Gasteiger partial charge in [0.05, 0.1) is 0 Å². The van der Waals surface area contributed by atoms with E-state index in [2.05, 4.69) is 30.5 Å². The van der Waals surface area contributed by atoms with E-state index in [-0.39, 0.29) is 6.03 Å². The predicted octanol–water partition coefficient (Wildman–Crippen LogP) is 3.88. The molecule has 2 amide bonds. The van der Waals surface area contributed by atoms with E-state index in [0.717, 1.165) is 31.3 Å². The Morgan fingerprint density at radius 2 is 2.09 bits per heavy atom. The Hall–Kier alpha value is -1.97. The highest BCUT2D eigenvalue weighted by atomic mass is 16.2. The molecule has 3 N–H and O–H groups in total. The minimum Gasteiger partial charge on any atom is -0.361 e. The number of primary amides is 1. The van der Waals surface area contributed by atoms with E-state index in [9.17, 15) is 4.79 Å². The van der Waals surface area contributed by atoms with Crippen molar-refractivity contribution in [3.63, 3.8) is 0 Å². The molecule has 1 radical (unpaired) electrons. The SMILES string of the molecule is CCCCCCN(C[CH]Cc1c[nH]c2ccccc12)C(N)=O. The fourth-order valence-corrected chi connectivity index (χ4v) is 2.70. The highest BCUT2D eigenvalue weighted by molar-refractivity contribution is 5.83. The number of para-hydroxylation sites is 1. The summed E-state index contributed by atoms with van der Waals surface area (Å²) < 4.78 is 0. The van der Waals surface area contributed by atoms with Crippen molar-refractivity contribution < 1.29 is 4.79 Å². The topological polar surface area (TPSA) is 62.1 Å². The number of nitrogens with one attached hydrogen (secondary N) is 1. The van der Waals surface area contributed by atoms with Crippen molar-refractivity contribution in [3.05, 3.63) is 42.4 Å². The summed E-state index contributed by atoms with van der Waals surface area (Å²) in [7, 11) is 0. The van der Waals surface area contributed by atoms with Crippen molar-refractivity contribution in [2.24, 2.45) is 5.73 Å². The van der Waals surface area contributed by atoms with E-state index in [1.54, 1.807) is 4.90 Å². The van der Waals surface area contributed by atoms with Crippen molar-refractivity contribution in [2.75, 3.05) is 13.1 Å². The molecule has 0 fully saturated rings. The molecule has 1 aromatic carbocycles. The van der Waals surface area contributed by atoms with E-state index in [4.69, 9.17) is 5.73 Å². The quantitative estimate of drug-likeness (QED) is 0.678. The molecule has 0 bridgehead atoms. The highest BCUT2D eigenvalue weighted by Gasteiger charge is 2.10. The molecule has 0 aliphatic heterocycles. The average Bonchev–Trinajstić information content (AvgIpc) is 2.93. The number of fused-ring (bicyclic) bond motifs is 1. The number of hydrogen-bond acceptors (Lipinski definition) is 1. The van der Waals surface area contributed by atoms with Crippen LogP contribution in [0.15, 0.2) is 30.5 Å². The Labute approximate surface area is 132 Å². The third kappa shape index (κ3) is 4.52. The van der Waals surface area contributed by atoms with Gasteiger partial charge in [0.25, 0.3) is 0 Å². The van der Waals surface area contributed by atoms with Crippen molar-refractivity contribution in [2.45, 2.75) is 39.0 Å². The van der Waals surface area contributed by atoms with Crippen LogP contribution in [0.5, 0.6) is 0 Å². The molecule has 4 heteroatoms. The van der Waals surface area contributed by atoms with Gasteiger partial charge in [-0.1, -0.05) is 44.4 Å². The molecule has 119 valence electrons. The molecule has 0 spiro atoms. The van der Waals surface area contributed by atoms with Crippen molar-refractivity contribution in [1.82, 2.24) is 9.88 Å². The maximum atomic E-state index is 11.5. The zero-order valence-corrected chi connectivity index (χ0v) is 13.3. The van der Waals surface area contributed by atoms with Crippen LogP contribution in [-0.2, 0) is 6.42 Å². The second kappa shape index (κ2) is 8.47. The minimum atomic E-state index is -0.327. The van der Waals surface area contributed by atoms with Crippen LogP contribution in [0.2, 0.25) is 0 Å². The van der Waals surface area contributed by atoms with Gasteiger partial charge in [0.2, 0.25) is 0 Å². The zero-order chi connectivity index (χ0) is 15.8. The Morgan fingerprint density at radius 3 is 2.86 bits per heavy atom. The Balaban J connectivity index is 1.81. The lowest BCUT2D eigenvalue weighted by Gasteiger charge is -2.20. The van der Waals surface area contributed by atoms with Gasteiger partial charge in [0.1, 0.15) is 0 Å². The first kappa shape index (κ1) is 16.4. The van der Waals surface area contributed by atoms with E-state index in [1.807, 2.05) is 18.3 Å². The number of hydrogen-bond donors (Lipinski definition) is 2. The van der Waals surface area contributed by atoms with Crippen molar-refractivity contribution in [3.8, 4) is 0 Å². The maximum Gasteiger partial charge on any atom is 0.314 e. The van der Waals surface area contributed by atoms with Gasteiger partial charge in [-0.2, -0.15) is 0 Å². The van der Waals surface area contributed by atoms with E-state index in [0.29, 0.717) is 6.54 Å². The van der Waals surface area contributed by atoms with Gasteiger partial charge in [0, 0.05) is 30.2 Å². The summed E-state index contributed by atoms with van der Waals surface area (Å²) in [6, 6.07) is 7.93. The van der Waals surface area contributed by atoms with Gasteiger partial charge < -0.3 is 15.6 Å². The van der Waals surface area contributed by atoms with Crippen LogP contribution in [0.3, 0.4) is 0 Å². The molecule has 1 aromatic heterocycles. The summed E-state index contributed by atoms with van der Waals surface area (Å²) in [5.41, 5.74) is 7.87.